The minimum absolute atomic E-state index is 0.142. The van der Waals surface area contributed by atoms with Crippen LogP contribution in [0.15, 0.2) is 24.4 Å². The van der Waals surface area contributed by atoms with Crippen LogP contribution in [0.2, 0.25) is 0 Å². The number of rotatable bonds is 3. The molecule has 1 fully saturated rings. The molecule has 1 aromatic heterocycles. The van der Waals surface area contributed by atoms with Gasteiger partial charge in [0.2, 0.25) is 0 Å². The molecule has 3 nitrogen and oxygen atoms in total. The van der Waals surface area contributed by atoms with E-state index in [4.69, 9.17) is 5.11 Å². The lowest BCUT2D eigenvalue weighted by atomic mass is 9.71. The minimum atomic E-state index is -0.655. The van der Waals surface area contributed by atoms with E-state index < -0.39 is 5.97 Å². The second-order valence-corrected chi connectivity index (χ2v) is 3.81. The summed E-state index contributed by atoms with van der Waals surface area (Å²) in [6.07, 6.45) is 4.40. The molecule has 0 aromatic carbocycles. The molecule has 2 atom stereocenters. The van der Waals surface area contributed by atoms with Crippen LogP contribution in [-0.2, 0) is 11.2 Å². The van der Waals surface area contributed by atoms with E-state index in [-0.39, 0.29) is 5.92 Å². The highest BCUT2D eigenvalue weighted by molar-refractivity contribution is 5.71. The molecule has 0 spiro atoms. The second-order valence-electron chi connectivity index (χ2n) is 3.81. The predicted molar refractivity (Wildman–Crippen MR) is 51.8 cm³/mol. The summed E-state index contributed by atoms with van der Waals surface area (Å²) in [5.41, 5.74) is 1.00. The van der Waals surface area contributed by atoms with Crippen molar-refractivity contribution in [1.29, 1.82) is 0 Å². The van der Waals surface area contributed by atoms with Gasteiger partial charge < -0.3 is 5.11 Å². The lowest BCUT2D eigenvalue weighted by Crippen LogP contribution is -2.34. The molecule has 14 heavy (non-hydrogen) atoms. The fraction of sp³-hybridized carbons (Fsp3) is 0.455. The first-order valence-corrected chi connectivity index (χ1v) is 4.90. The average molecular weight is 191 g/mol. The third-order valence-corrected chi connectivity index (χ3v) is 2.93. The minimum Gasteiger partial charge on any atom is -0.481 e. The molecule has 0 saturated heterocycles. The molecule has 0 radical (unpaired) electrons. The smallest absolute Gasteiger partial charge is 0.306 e. The summed E-state index contributed by atoms with van der Waals surface area (Å²) in [4.78, 5) is 15.0. The fourth-order valence-corrected chi connectivity index (χ4v) is 1.93. The van der Waals surface area contributed by atoms with E-state index in [0.29, 0.717) is 5.92 Å². The van der Waals surface area contributed by atoms with E-state index in [1.165, 1.54) is 0 Å². The van der Waals surface area contributed by atoms with E-state index >= 15 is 0 Å². The molecular weight excluding hydrogens is 178 g/mol. The first-order valence-electron chi connectivity index (χ1n) is 4.90. The summed E-state index contributed by atoms with van der Waals surface area (Å²) in [7, 11) is 0. The van der Waals surface area contributed by atoms with Crippen molar-refractivity contribution in [2.24, 2.45) is 11.8 Å². The number of aliphatic carboxylic acids is 1. The summed E-state index contributed by atoms with van der Waals surface area (Å²) >= 11 is 0. The molecule has 1 aliphatic carbocycles. The highest BCUT2D eigenvalue weighted by Crippen LogP contribution is 2.36. The molecule has 0 bridgehead atoms. The van der Waals surface area contributed by atoms with Crippen LogP contribution in [0.25, 0.3) is 0 Å². The number of pyridine rings is 1. The number of hydrogen-bond acceptors (Lipinski definition) is 2. The Balaban J connectivity index is 1.96. The Bertz CT molecular complexity index is 323. The molecule has 1 aliphatic rings. The average Bonchev–Trinajstić information content (AvgIpc) is 2.13. The molecule has 1 saturated carbocycles. The number of hydrogen-bond donors (Lipinski definition) is 1. The van der Waals surface area contributed by atoms with Crippen molar-refractivity contribution in [2.75, 3.05) is 0 Å². The Kier molecular flexibility index (Phi) is 2.48. The van der Waals surface area contributed by atoms with Gasteiger partial charge in [-0.3, -0.25) is 9.78 Å². The standard InChI is InChI=1S/C11H13NO2/c13-11(14)10-5-4-8(10)7-9-3-1-2-6-12-9/h1-3,6,8,10H,4-5,7H2,(H,13,14). The van der Waals surface area contributed by atoms with E-state index in [9.17, 15) is 4.79 Å². The molecule has 1 heterocycles. The number of nitrogens with zero attached hydrogens (tertiary/aromatic N) is 1. The molecule has 1 aromatic rings. The van der Waals surface area contributed by atoms with Crippen LogP contribution in [0.4, 0.5) is 0 Å². The topological polar surface area (TPSA) is 50.2 Å². The van der Waals surface area contributed by atoms with Gasteiger partial charge in [0.05, 0.1) is 5.92 Å². The van der Waals surface area contributed by atoms with E-state index in [1.54, 1.807) is 6.20 Å². The maximum atomic E-state index is 10.8. The normalized spacial score (nSPS) is 25.4. The zero-order valence-corrected chi connectivity index (χ0v) is 7.89. The Hall–Kier alpha value is -1.38. The predicted octanol–water partition coefficient (Wildman–Crippen LogP) is 1.73. The molecule has 0 amide bonds. The van der Waals surface area contributed by atoms with Gasteiger partial charge in [0.25, 0.3) is 0 Å². The zero-order chi connectivity index (χ0) is 9.97. The monoisotopic (exact) mass is 191 g/mol. The third kappa shape index (κ3) is 1.76. The summed E-state index contributed by atoms with van der Waals surface area (Å²) in [6, 6.07) is 5.77. The van der Waals surface area contributed by atoms with Crippen molar-refractivity contribution in [2.45, 2.75) is 19.3 Å². The quantitative estimate of drug-likeness (QED) is 0.791. The van der Waals surface area contributed by atoms with Crippen molar-refractivity contribution in [3.63, 3.8) is 0 Å². The third-order valence-electron chi connectivity index (χ3n) is 2.93. The van der Waals surface area contributed by atoms with Crippen molar-refractivity contribution in [3.8, 4) is 0 Å². The van der Waals surface area contributed by atoms with Crippen molar-refractivity contribution in [1.82, 2.24) is 4.98 Å². The number of carbonyl (C=O) groups is 1. The number of carboxylic acids is 1. The Morgan fingerprint density at radius 2 is 2.36 bits per heavy atom. The first-order chi connectivity index (χ1) is 6.77. The second kappa shape index (κ2) is 3.78. The maximum absolute atomic E-state index is 10.8. The zero-order valence-electron chi connectivity index (χ0n) is 7.89. The Labute approximate surface area is 82.8 Å². The van der Waals surface area contributed by atoms with Gasteiger partial charge in [-0.25, -0.2) is 0 Å². The molecule has 0 aliphatic heterocycles. The fourth-order valence-electron chi connectivity index (χ4n) is 1.93. The van der Waals surface area contributed by atoms with Crippen LogP contribution >= 0.6 is 0 Å². The van der Waals surface area contributed by atoms with Crippen molar-refractivity contribution >= 4 is 5.97 Å². The van der Waals surface area contributed by atoms with Crippen LogP contribution < -0.4 is 0 Å². The summed E-state index contributed by atoms with van der Waals surface area (Å²) in [6.45, 7) is 0. The van der Waals surface area contributed by atoms with E-state index in [0.717, 1.165) is 25.0 Å². The summed E-state index contributed by atoms with van der Waals surface area (Å²) < 4.78 is 0. The largest absolute Gasteiger partial charge is 0.481 e. The highest BCUT2D eigenvalue weighted by Gasteiger charge is 2.36. The lowest BCUT2D eigenvalue weighted by Gasteiger charge is -2.33. The Morgan fingerprint density at radius 3 is 2.86 bits per heavy atom. The van der Waals surface area contributed by atoms with Gasteiger partial charge in [0.15, 0.2) is 0 Å². The summed E-state index contributed by atoms with van der Waals surface area (Å²) in [5.74, 6) is -0.503. The van der Waals surface area contributed by atoms with Crippen molar-refractivity contribution in [3.05, 3.63) is 30.1 Å². The van der Waals surface area contributed by atoms with Crippen molar-refractivity contribution < 1.29 is 9.90 Å². The maximum Gasteiger partial charge on any atom is 0.306 e. The van der Waals surface area contributed by atoms with Gasteiger partial charge in [-0.05, 0) is 37.3 Å². The van der Waals surface area contributed by atoms with E-state index in [1.807, 2.05) is 18.2 Å². The van der Waals surface area contributed by atoms with Gasteiger partial charge in [-0.2, -0.15) is 0 Å². The molecule has 2 rings (SSSR count). The molecule has 1 N–H and O–H groups in total. The SMILES string of the molecule is O=C(O)C1CCC1Cc1ccccn1. The molecule has 74 valence electrons. The lowest BCUT2D eigenvalue weighted by molar-refractivity contribution is -0.147. The molecular formula is C11H13NO2. The summed E-state index contributed by atoms with van der Waals surface area (Å²) in [5, 5.41) is 8.86. The van der Waals surface area contributed by atoms with Gasteiger partial charge in [-0.15, -0.1) is 0 Å². The number of aromatic nitrogens is 1. The van der Waals surface area contributed by atoms with Crippen LogP contribution in [0.3, 0.4) is 0 Å². The van der Waals surface area contributed by atoms with Gasteiger partial charge in [-0.1, -0.05) is 6.07 Å². The van der Waals surface area contributed by atoms with Crippen LogP contribution in [-0.4, -0.2) is 16.1 Å². The molecule has 3 heteroatoms. The van der Waals surface area contributed by atoms with Gasteiger partial charge >= 0.3 is 5.97 Å². The van der Waals surface area contributed by atoms with Crippen LogP contribution in [0.5, 0.6) is 0 Å². The van der Waals surface area contributed by atoms with Crippen LogP contribution in [0, 0.1) is 11.8 Å². The van der Waals surface area contributed by atoms with E-state index in [2.05, 4.69) is 4.98 Å². The Morgan fingerprint density at radius 1 is 1.50 bits per heavy atom. The first kappa shape index (κ1) is 9.19. The van der Waals surface area contributed by atoms with Crippen LogP contribution in [0.1, 0.15) is 18.5 Å². The number of carboxylic acid groups (broad SMARTS) is 1. The highest BCUT2D eigenvalue weighted by atomic mass is 16.4. The van der Waals surface area contributed by atoms with Gasteiger partial charge in [0.1, 0.15) is 0 Å². The molecule has 2 unspecified atom stereocenters. The van der Waals surface area contributed by atoms with Gasteiger partial charge in [0, 0.05) is 11.9 Å².